The zero-order valence-corrected chi connectivity index (χ0v) is 10.9. The van der Waals surface area contributed by atoms with E-state index in [4.69, 9.17) is 5.26 Å². The van der Waals surface area contributed by atoms with Crippen LogP contribution >= 0.6 is 11.8 Å². The van der Waals surface area contributed by atoms with Crippen molar-refractivity contribution in [1.82, 2.24) is 14.9 Å². The molecule has 1 heterocycles. The second-order valence-corrected chi connectivity index (χ2v) is 4.26. The smallest absolute Gasteiger partial charge is 0.183 e. The quantitative estimate of drug-likeness (QED) is 0.395. The Kier molecular flexibility index (Phi) is 4.15. The second-order valence-electron chi connectivity index (χ2n) is 3.46. The summed E-state index contributed by atoms with van der Waals surface area (Å²) in [6.07, 6.45) is 8.31. The number of hydrogen-bond donors (Lipinski definition) is 1. The molecule has 0 amide bonds. The van der Waals surface area contributed by atoms with Gasteiger partial charge in [-0.3, -0.25) is 5.32 Å². The topological polar surface area (TPSA) is 66.0 Å². The predicted molar refractivity (Wildman–Crippen MR) is 72.9 cm³/mol. The maximum atomic E-state index is 13.9. The van der Waals surface area contributed by atoms with Crippen LogP contribution < -0.4 is 5.32 Å². The molecule has 0 saturated heterocycles. The molecule has 0 radical (unpaired) electrons. The van der Waals surface area contributed by atoms with E-state index in [0.717, 1.165) is 0 Å². The fourth-order valence-corrected chi connectivity index (χ4v) is 1.81. The number of imidazole rings is 1. The van der Waals surface area contributed by atoms with Gasteiger partial charge in [-0.2, -0.15) is 5.26 Å². The summed E-state index contributed by atoms with van der Waals surface area (Å²) < 4.78 is 15.5. The van der Waals surface area contributed by atoms with Crippen LogP contribution in [0.1, 0.15) is 0 Å². The van der Waals surface area contributed by atoms with Gasteiger partial charge >= 0.3 is 0 Å². The Bertz CT molecular complexity index is 630. The number of hydrogen-bond acceptors (Lipinski definition) is 4. The fourth-order valence-electron chi connectivity index (χ4n) is 1.47. The van der Waals surface area contributed by atoms with Gasteiger partial charge in [0.25, 0.3) is 0 Å². The maximum Gasteiger partial charge on any atom is 0.183 e. The van der Waals surface area contributed by atoms with Gasteiger partial charge in [0.05, 0.1) is 17.7 Å². The molecule has 2 aromatic rings. The highest BCUT2D eigenvalue weighted by atomic mass is 32.2. The number of aromatic nitrogens is 2. The van der Waals surface area contributed by atoms with Gasteiger partial charge in [-0.05, 0) is 18.4 Å². The summed E-state index contributed by atoms with van der Waals surface area (Å²) >= 11 is 1.28. The molecule has 0 aliphatic heterocycles. The molecule has 0 atom stereocenters. The van der Waals surface area contributed by atoms with Crippen molar-refractivity contribution in [2.45, 2.75) is 0 Å². The minimum absolute atomic E-state index is 0.399. The third kappa shape index (κ3) is 3.11. The number of benzene rings is 1. The Morgan fingerprint density at radius 3 is 3.00 bits per heavy atom. The molecule has 1 N–H and O–H groups in total. The van der Waals surface area contributed by atoms with Gasteiger partial charge in [-0.1, -0.05) is 11.8 Å². The molecule has 0 aliphatic rings. The summed E-state index contributed by atoms with van der Waals surface area (Å²) in [5.41, 5.74) is 0.837. The highest BCUT2D eigenvalue weighted by molar-refractivity contribution is 8.13. The first-order valence-electron chi connectivity index (χ1n) is 5.30. The lowest BCUT2D eigenvalue weighted by atomic mass is 10.2. The van der Waals surface area contributed by atoms with Crippen molar-refractivity contribution in [3.05, 3.63) is 42.7 Å². The van der Waals surface area contributed by atoms with E-state index < -0.39 is 5.82 Å². The molecule has 0 bridgehead atoms. The lowest BCUT2D eigenvalue weighted by Gasteiger charge is -2.05. The molecule has 5 nitrogen and oxygen atoms in total. The van der Waals surface area contributed by atoms with Crippen molar-refractivity contribution in [2.24, 2.45) is 4.99 Å². The molecule has 0 unspecified atom stereocenters. The van der Waals surface area contributed by atoms with Crippen LogP contribution in [0.5, 0.6) is 0 Å². The third-order valence-corrected chi connectivity index (χ3v) is 2.88. The van der Waals surface area contributed by atoms with Gasteiger partial charge in [-0.25, -0.2) is 14.4 Å². The van der Waals surface area contributed by atoms with E-state index in [1.54, 1.807) is 41.5 Å². The van der Waals surface area contributed by atoms with E-state index in [2.05, 4.69) is 15.3 Å². The SMILES string of the molecule is CSC(=Nc1ccc(-n2ccnc2)c(F)c1)NC#N. The van der Waals surface area contributed by atoms with Crippen molar-refractivity contribution in [3.63, 3.8) is 0 Å². The van der Waals surface area contributed by atoms with E-state index in [-0.39, 0.29) is 0 Å². The molecule has 1 aromatic heterocycles. The van der Waals surface area contributed by atoms with E-state index in [0.29, 0.717) is 16.5 Å². The first-order chi connectivity index (χ1) is 9.24. The van der Waals surface area contributed by atoms with Gasteiger partial charge in [0, 0.05) is 18.5 Å². The number of rotatable bonds is 2. The van der Waals surface area contributed by atoms with E-state index in [1.807, 2.05) is 0 Å². The monoisotopic (exact) mass is 275 g/mol. The number of halogens is 1. The molecule has 0 saturated carbocycles. The van der Waals surface area contributed by atoms with E-state index in [1.165, 1.54) is 24.2 Å². The van der Waals surface area contributed by atoms with Crippen molar-refractivity contribution < 1.29 is 4.39 Å². The molecular weight excluding hydrogens is 265 g/mol. The molecule has 19 heavy (non-hydrogen) atoms. The van der Waals surface area contributed by atoms with Crippen LogP contribution in [0.4, 0.5) is 10.1 Å². The number of nitrogens with one attached hydrogen (secondary N) is 1. The Labute approximate surface area is 113 Å². The van der Waals surface area contributed by atoms with Gasteiger partial charge in [-0.15, -0.1) is 0 Å². The number of thioether (sulfide) groups is 1. The summed E-state index contributed by atoms with van der Waals surface area (Å²) in [4.78, 5) is 8.00. The molecule has 7 heteroatoms. The number of amidine groups is 1. The van der Waals surface area contributed by atoms with Crippen LogP contribution in [0.2, 0.25) is 0 Å². The number of nitriles is 1. The van der Waals surface area contributed by atoms with Gasteiger partial charge in [0.15, 0.2) is 11.4 Å². The van der Waals surface area contributed by atoms with Crippen molar-refractivity contribution in [3.8, 4) is 11.9 Å². The summed E-state index contributed by atoms with van der Waals surface area (Å²) in [7, 11) is 0. The lowest BCUT2D eigenvalue weighted by Crippen LogP contribution is -2.12. The first kappa shape index (κ1) is 13.1. The zero-order valence-electron chi connectivity index (χ0n) is 10.0. The molecule has 0 aliphatic carbocycles. The van der Waals surface area contributed by atoms with Crippen LogP contribution in [0.3, 0.4) is 0 Å². The van der Waals surface area contributed by atoms with Crippen LogP contribution in [-0.2, 0) is 0 Å². The summed E-state index contributed by atoms with van der Waals surface area (Å²) in [6.45, 7) is 0. The van der Waals surface area contributed by atoms with Crippen molar-refractivity contribution in [1.29, 1.82) is 5.26 Å². The summed E-state index contributed by atoms with van der Waals surface area (Å²) in [5.74, 6) is -0.406. The molecule has 0 fully saturated rings. The summed E-state index contributed by atoms with van der Waals surface area (Å²) in [5, 5.41) is 11.4. The summed E-state index contributed by atoms with van der Waals surface area (Å²) in [6, 6.07) is 4.60. The number of nitrogens with zero attached hydrogens (tertiary/aromatic N) is 4. The number of aliphatic imine (C=N–C) groups is 1. The minimum Gasteiger partial charge on any atom is -0.303 e. The normalized spacial score (nSPS) is 11.1. The molecule has 96 valence electrons. The first-order valence-corrected chi connectivity index (χ1v) is 6.52. The van der Waals surface area contributed by atoms with Crippen LogP contribution in [0, 0.1) is 17.3 Å². The van der Waals surface area contributed by atoms with E-state index >= 15 is 0 Å². The van der Waals surface area contributed by atoms with E-state index in [9.17, 15) is 4.39 Å². The van der Waals surface area contributed by atoms with Crippen LogP contribution in [-0.4, -0.2) is 21.0 Å². The predicted octanol–water partition coefficient (Wildman–Crippen LogP) is 2.43. The van der Waals surface area contributed by atoms with Gasteiger partial charge < -0.3 is 4.57 Å². The highest BCUT2D eigenvalue weighted by Gasteiger charge is 2.05. The molecule has 1 aromatic carbocycles. The Balaban J connectivity index is 2.32. The third-order valence-electron chi connectivity index (χ3n) is 2.30. The lowest BCUT2D eigenvalue weighted by molar-refractivity contribution is 0.618. The minimum atomic E-state index is -0.406. The standard InChI is InChI=1S/C12H10FN5S/c1-19-12(16-7-14)17-9-2-3-11(10(13)6-9)18-5-4-15-8-18/h2-6,8H,1H3,(H,16,17). The Morgan fingerprint density at radius 2 is 2.42 bits per heavy atom. The maximum absolute atomic E-state index is 13.9. The Hall–Kier alpha value is -2.33. The average molecular weight is 275 g/mol. The second kappa shape index (κ2) is 6.02. The zero-order chi connectivity index (χ0) is 13.7. The van der Waals surface area contributed by atoms with Gasteiger partial charge in [0.1, 0.15) is 5.82 Å². The molecule has 0 spiro atoms. The largest absolute Gasteiger partial charge is 0.303 e. The van der Waals surface area contributed by atoms with Crippen molar-refractivity contribution in [2.75, 3.05) is 6.26 Å². The van der Waals surface area contributed by atoms with Crippen LogP contribution in [0.15, 0.2) is 41.9 Å². The van der Waals surface area contributed by atoms with Gasteiger partial charge in [0.2, 0.25) is 0 Å². The Morgan fingerprint density at radius 1 is 1.58 bits per heavy atom. The fraction of sp³-hybridized carbons (Fsp3) is 0.0833. The van der Waals surface area contributed by atoms with Crippen LogP contribution in [0.25, 0.3) is 5.69 Å². The molecular formula is C12H10FN5S. The molecule has 2 rings (SSSR count). The average Bonchev–Trinajstić information content (AvgIpc) is 2.92. The highest BCUT2D eigenvalue weighted by Crippen LogP contribution is 2.21. The van der Waals surface area contributed by atoms with Crippen molar-refractivity contribution >= 4 is 22.6 Å².